The van der Waals surface area contributed by atoms with Crippen LogP contribution in [0.3, 0.4) is 0 Å². The number of aryl methyl sites for hydroxylation is 1. The average Bonchev–Trinajstić information content (AvgIpc) is 3.23. The van der Waals surface area contributed by atoms with Crippen molar-refractivity contribution in [3.8, 4) is 11.4 Å². The Morgan fingerprint density at radius 3 is 2.72 bits per heavy atom. The second kappa shape index (κ2) is 8.49. The Kier molecular flexibility index (Phi) is 5.68. The number of nitrogens with two attached hydrogens (primary N) is 1. The standard InChI is InChI=1S/C26H27FN4O5/c1-4-18(29-21(32)9-28)22-13-6-12(3)17(27)8-19(13)30-23-14(22)10-31-20(23)7-16-15(24(31)33)11-36-25(34)26(16,35)5-2/h6-8,18,35H,4-5,9-11,28H2,1-3H3,(H,29,32)/t18-,26-/m0/s1. The number of hydrogen-bond acceptors (Lipinski definition) is 7. The molecule has 10 heteroatoms. The third-order valence-corrected chi connectivity index (χ3v) is 7.29. The van der Waals surface area contributed by atoms with Crippen LogP contribution in [0.1, 0.15) is 60.5 Å². The molecule has 4 N–H and O–H groups in total. The molecule has 4 heterocycles. The van der Waals surface area contributed by atoms with Crippen LogP contribution in [0.15, 0.2) is 23.0 Å². The van der Waals surface area contributed by atoms with Crippen molar-refractivity contribution in [2.24, 2.45) is 5.73 Å². The molecule has 0 unspecified atom stereocenters. The first-order valence-electron chi connectivity index (χ1n) is 11.9. The van der Waals surface area contributed by atoms with Gasteiger partial charge in [-0.3, -0.25) is 9.59 Å². The van der Waals surface area contributed by atoms with Gasteiger partial charge in [-0.1, -0.05) is 13.8 Å². The smallest absolute Gasteiger partial charge is 0.343 e. The van der Waals surface area contributed by atoms with Gasteiger partial charge in [-0.25, -0.2) is 14.2 Å². The van der Waals surface area contributed by atoms with Gasteiger partial charge in [0, 0.05) is 22.6 Å². The number of nitrogens with one attached hydrogen (secondary N) is 1. The average molecular weight is 495 g/mol. The fraction of sp³-hybridized carbons (Fsp3) is 0.385. The van der Waals surface area contributed by atoms with Gasteiger partial charge in [-0.15, -0.1) is 0 Å². The molecule has 3 aromatic rings. The molecule has 5 rings (SSSR count). The molecule has 188 valence electrons. The molecule has 0 aliphatic carbocycles. The minimum Gasteiger partial charge on any atom is -0.458 e. The van der Waals surface area contributed by atoms with E-state index < -0.39 is 29.0 Å². The Morgan fingerprint density at radius 2 is 2.06 bits per heavy atom. The first-order chi connectivity index (χ1) is 17.1. The van der Waals surface area contributed by atoms with Gasteiger partial charge in [0.25, 0.3) is 5.56 Å². The largest absolute Gasteiger partial charge is 0.458 e. The van der Waals surface area contributed by atoms with Crippen molar-refractivity contribution in [3.63, 3.8) is 0 Å². The zero-order valence-corrected chi connectivity index (χ0v) is 20.3. The van der Waals surface area contributed by atoms with E-state index in [1.807, 2.05) is 6.92 Å². The van der Waals surface area contributed by atoms with E-state index in [0.29, 0.717) is 39.8 Å². The SMILES string of the molecule is CC[C@H](NC(=O)CN)c1c2c(nc3cc(F)c(C)cc13)-c1cc3c(c(=O)n1C2)COC(=O)[C@]3(O)CC. The highest BCUT2D eigenvalue weighted by Gasteiger charge is 2.45. The predicted molar refractivity (Wildman–Crippen MR) is 129 cm³/mol. The molecule has 0 bridgehead atoms. The van der Waals surface area contributed by atoms with Crippen molar-refractivity contribution in [3.05, 3.63) is 62.2 Å². The molecule has 0 saturated heterocycles. The quantitative estimate of drug-likeness (QED) is 0.361. The summed E-state index contributed by atoms with van der Waals surface area (Å²) in [5, 5.41) is 14.7. The zero-order chi connectivity index (χ0) is 25.9. The lowest BCUT2D eigenvalue weighted by atomic mass is 9.86. The van der Waals surface area contributed by atoms with E-state index >= 15 is 0 Å². The molecular weight excluding hydrogens is 467 g/mol. The number of carbonyl (C=O) groups is 2. The number of rotatable bonds is 5. The number of cyclic esters (lactones) is 1. The van der Waals surface area contributed by atoms with Crippen LogP contribution in [0.25, 0.3) is 22.3 Å². The molecule has 2 aromatic heterocycles. The fourth-order valence-corrected chi connectivity index (χ4v) is 5.27. The van der Waals surface area contributed by atoms with Crippen LogP contribution in [0, 0.1) is 12.7 Å². The summed E-state index contributed by atoms with van der Waals surface area (Å²) in [6, 6.07) is 4.19. The summed E-state index contributed by atoms with van der Waals surface area (Å²) >= 11 is 0. The van der Waals surface area contributed by atoms with Gasteiger partial charge in [0.15, 0.2) is 5.60 Å². The van der Waals surface area contributed by atoms with Crippen LogP contribution < -0.4 is 16.6 Å². The van der Waals surface area contributed by atoms with Gasteiger partial charge in [0.2, 0.25) is 5.91 Å². The van der Waals surface area contributed by atoms with Gasteiger partial charge in [-0.05, 0) is 43.0 Å². The third kappa shape index (κ3) is 3.35. The van der Waals surface area contributed by atoms with Crippen molar-refractivity contribution < 1.29 is 23.8 Å². The lowest BCUT2D eigenvalue weighted by Gasteiger charge is -2.31. The van der Waals surface area contributed by atoms with Crippen molar-refractivity contribution in [2.45, 2.75) is 58.4 Å². The highest BCUT2D eigenvalue weighted by atomic mass is 19.1. The lowest BCUT2D eigenvalue weighted by Crippen LogP contribution is -2.44. The topological polar surface area (TPSA) is 137 Å². The molecule has 0 radical (unpaired) electrons. The Balaban J connectivity index is 1.83. The Hall–Kier alpha value is -3.63. The van der Waals surface area contributed by atoms with E-state index in [4.69, 9.17) is 15.5 Å². The Morgan fingerprint density at radius 1 is 1.31 bits per heavy atom. The van der Waals surface area contributed by atoms with Gasteiger partial charge in [0.1, 0.15) is 12.4 Å². The predicted octanol–water partition coefficient (Wildman–Crippen LogP) is 2.05. The van der Waals surface area contributed by atoms with E-state index in [0.717, 1.165) is 5.56 Å². The second-order valence-corrected chi connectivity index (χ2v) is 9.31. The normalized spacial score (nSPS) is 18.9. The van der Waals surface area contributed by atoms with E-state index in [-0.39, 0.29) is 43.2 Å². The van der Waals surface area contributed by atoms with Crippen LogP contribution >= 0.6 is 0 Å². The number of carbonyl (C=O) groups excluding carboxylic acids is 2. The highest BCUT2D eigenvalue weighted by molar-refractivity contribution is 5.90. The van der Waals surface area contributed by atoms with Crippen LogP contribution in [-0.2, 0) is 33.1 Å². The molecule has 2 aliphatic heterocycles. The highest BCUT2D eigenvalue weighted by Crippen LogP contribution is 2.42. The molecule has 9 nitrogen and oxygen atoms in total. The molecule has 0 spiro atoms. The van der Waals surface area contributed by atoms with Crippen molar-refractivity contribution in [2.75, 3.05) is 6.54 Å². The van der Waals surface area contributed by atoms with Gasteiger partial charge < -0.3 is 25.5 Å². The first kappa shape index (κ1) is 24.1. The lowest BCUT2D eigenvalue weighted by molar-refractivity contribution is -0.172. The minimum atomic E-state index is -1.95. The summed E-state index contributed by atoms with van der Waals surface area (Å²) in [6.45, 7) is 4.94. The van der Waals surface area contributed by atoms with Crippen molar-refractivity contribution >= 4 is 22.8 Å². The summed E-state index contributed by atoms with van der Waals surface area (Å²) in [5.41, 5.74) is 6.73. The minimum absolute atomic E-state index is 0.0263. The molecule has 1 amide bonds. The number of pyridine rings is 2. The van der Waals surface area contributed by atoms with Crippen molar-refractivity contribution in [1.29, 1.82) is 0 Å². The number of ether oxygens (including phenoxy) is 1. The summed E-state index contributed by atoms with van der Waals surface area (Å²) in [6.07, 6.45) is 0.548. The summed E-state index contributed by atoms with van der Waals surface area (Å²) in [4.78, 5) is 43.0. The van der Waals surface area contributed by atoms with E-state index in [9.17, 15) is 23.9 Å². The number of hydrogen-bond donors (Lipinski definition) is 3. The van der Waals surface area contributed by atoms with Gasteiger partial charge >= 0.3 is 5.97 Å². The van der Waals surface area contributed by atoms with Crippen LogP contribution in [0.4, 0.5) is 4.39 Å². The Bertz CT molecular complexity index is 1510. The number of halogens is 1. The monoisotopic (exact) mass is 494 g/mol. The zero-order valence-electron chi connectivity index (χ0n) is 20.3. The maximum absolute atomic E-state index is 14.6. The van der Waals surface area contributed by atoms with E-state index in [2.05, 4.69) is 5.32 Å². The molecule has 36 heavy (non-hydrogen) atoms. The number of esters is 1. The molecular formula is C26H27FN4O5. The number of fused-ring (bicyclic) bond motifs is 5. The number of aromatic nitrogens is 2. The summed E-state index contributed by atoms with van der Waals surface area (Å²) in [5.74, 6) is -1.57. The fourth-order valence-electron chi connectivity index (χ4n) is 5.27. The van der Waals surface area contributed by atoms with Crippen molar-refractivity contribution in [1.82, 2.24) is 14.9 Å². The van der Waals surface area contributed by atoms with Gasteiger partial charge in [0.05, 0.1) is 41.6 Å². The molecule has 0 saturated carbocycles. The number of aliphatic hydroxyl groups is 1. The number of nitrogens with zero attached hydrogens (tertiary/aromatic N) is 2. The van der Waals surface area contributed by atoms with Crippen LogP contribution in [0.5, 0.6) is 0 Å². The summed E-state index contributed by atoms with van der Waals surface area (Å²) < 4.78 is 21.2. The van der Waals surface area contributed by atoms with Crippen LogP contribution in [-0.4, -0.2) is 33.1 Å². The second-order valence-electron chi connectivity index (χ2n) is 9.31. The van der Waals surface area contributed by atoms with Crippen LogP contribution in [0.2, 0.25) is 0 Å². The number of benzene rings is 1. The maximum atomic E-state index is 14.6. The number of amides is 1. The molecule has 2 atom stereocenters. The third-order valence-electron chi connectivity index (χ3n) is 7.29. The molecule has 0 fully saturated rings. The summed E-state index contributed by atoms with van der Waals surface area (Å²) in [7, 11) is 0. The first-order valence-corrected chi connectivity index (χ1v) is 11.9. The van der Waals surface area contributed by atoms with E-state index in [1.54, 1.807) is 26.0 Å². The molecule has 2 aliphatic rings. The van der Waals surface area contributed by atoms with Gasteiger partial charge in [-0.2, -0.15) is 0 Å². The van der Waals surface area contributed by atoms with E-state index in [1.165, 1.54) is 10.6 Å². The molecule has 1 aromatic carbocycles. The Labute approximate surface area is 206 Å². The maximum Gasteiger partial charge on any atom is 0.343 e.